The molecule has 2 saturated heterocycles. The van der Waals surface area contributed by atoms with Gasteiger partial charge in [-0.3, -0.25) is 38.1 Å². The molecule has 5 aromatic carbocycles. The number of halogens is 3. The van der Waals surface area contributed by atoms with Crippen molar-refractivity contribution in [1.29, 1.82) is 0 Å². The van der Waals surface area contributed by atoms with Gasteiger partial charge in [-0.05, 0) is 123 Å². The van der Waals surface area contributed by atoms with Crippen molar-refractivity contribution in [1.82, 2.24) is 53.2 Å². The number of hydrogen-bond acceptors (Lipinski definition) is 28. The molecule has 5 aromatic rings. The topological polar surface area (TPSA) is 598 Å². The fourth-order valence-corrected chi connectivity index (χ4v) is 16.0. The van der Waals surface area contributed by atoms with E-state index in [1.54, 1.807) is 13.8 Å². The number of ether oxygens (including phenoxy) is 6. The minimum atomic E-state index is -4.85. The minimum absolute atomic E-state index is 0. The third-order valence-electron chi connectivity index (χ3n) is 21.7. The summed E-state index contributed by atoms with van der Waals surface area (Å²) in [5.41, 5.74) is 0.545. The van der Waals surface area contributed by atoms with E-state index < -0.39 is 269 Å². The maximum absolute atomic E-state index is 16.3. The number of phenols is 3. The molecule has 0 saturated carbocycles. The van der Waals surface area contributed by atoms with E-state index in [1.807, 2.05) is 13.8 Å². The Morgan fingerprint density at radius 3 is 1.90 bits per heavy atom. The predicted octanol–water partition coefficient (Wildman–Crippen LogP) is 3.11. The Morgan fingerprint density at radius 1 is 0.697 bits per heavy atom. The average molecular weight is 1790 g/mol. The van der Waals surface area contributed by atoms with E-state index in [2.05, 4.69) is 60.1 Å². The molecule has 0 aromatic heterocycles. The Bertz CT molecular complexity index is 4650. The Labute approximate surface area is 717 Å². The normalized spacial score (nSPS) is 26.5. The lowest BCUT2D eigenvalue weighted by Gasteiger charge is -2.48. The molecule has 24 N–H and O–H groups in total. The van der Waals surface area contributed by atoms with Gasteiger partial charge in [-0.15, -0.1) is 12.4 Å². The van der Waals surface area contributed by atoms with E-state index in [1.165, 1.54) is 51.3 Å². The Kier molecular flexibility index (Phi) is 33.9. The number of carboxylic acids is 1. The smallest absolute Gasteiger partial charge is 0.339 e. The summed E-state index contributed by atoms with van der Waals surface area (Å²) in [6, 6.07) is -2.39. The first kappa shape index (κ1) is 97.0. The number of unbranched alkanes of at least 4 members (excludes halogenated alkanes) is 7. The molecule has 7 aliphatic rings. The lowest BCUT2D eigenvalue weighted by atomic mass is 9.85. The molecule has 0 radical (unpaired) electrons. The average Bonchev–Trinajstić information content (AvgIpc) is 0.393. The van der Waals surface area contributed by atoms with Crippen LogP contribution in [0.3, 0.4) is 0 Å². The van der Waals surface area contributed by atoms with Gasteiger partial charge in [-0.2, -0.15) is 0 Å². The van der Waals surface area contributed by atoms with Crippen LogP contribution in [0.2, 0.25) is 10.0 Å². The van der Waals surface area contributed by atoms with Crippen LogP contribution >= 0.6 is 43.2 Å². The molecule has 2 fully saturated rings. The molecular formula is C80H107Cl3N11O27P. The standard InChI is InChI=1S/C80H106Cl2N11O27P.ClH/c1-7-8-9-10-11-12-13-14-21-85-22-23-87-80(5)32-57(115-37(4)71(80)103)119-70-68(102)67(101)55(34-94)118-79(70)120-69-53-28-41-29-54(69)117-52-20-17-40(27-46(52)82)65(99)63-77(109)91-61(78(110)111)43-30-50(96)44(33-86-35-121(112,113)114)66(100)58(43)42-25-38(15-18-49(42)95)59(74(106)93-63)90-75(107)60(41)89-73(105)48(31-56(83)97)88-76(108)62(92-72(104)47(84-6)24-36(2)3)64(98)39-16-19-51(116-53)45(81)26-39;/h15-20,25-30,36-37,47-48,55,57,59-65,67-68,70-71,79,84-87,94-96,98-103H,7-14,21-24,31-35H2,1-6H3,(H2,83,97)(H,88,108)(H,89,105)(H,90,107)(H,91,109)(H,92,104)(H,93,106)(H,110,111)(H2,112,113,114);1H/t37-,47+,48-,55+,57-,59-,60+,61-,62+,63-,64+,65+,67+,68-,70+,71+,79-,80-;/m0./s1. The van der Waals surface area contributed by atoms with Crippen LogP contribution in [0.5, 0.6) is 46.0 Å². The highest BCUT2D eigenvalue weighted by Gasteiger charge is 2.52. The number of likely N-dealkylation sites (N-methyl/N-ethyl adjacent to an activating group) is 1. The third kappa shape index (κ3) is 23.6. The number of rotatable bonds is 30. The summed E-state index contributed by atoms with van der Waals surface area (Å²) in [7, 11) is -3.38. The van der Waals surface area contributed by atoms with Crippen molar-refractivity contribution in [3.8, 4) is 57.1 Å². The number of nitrogens with two attached hydrogens (primary N) is 1. The monoisotopic (exact) mass is 1790 g/mol. The maximum atomic E-state index is 16.3. The van der Waals surface area contributed by atoms with Crippen molar-refractivity contribution < 1.29 is 132 Å². The van der Waals surface area contributed by atoms with Crippen molar-refractivity contribution in [3.63, 3.8) is 0 Å². The number of hydrogen-bond donors (Lipinski definition) is 23. The Hall–Kier alpha value is -8.84. The number of aliphatic hydroxyl groups excluding tert-OH is 6. The summed E-state index contributed by atoms with van der Waals surface area (Å²) < 4.78 is 51.4. The number of benzene rings is 5. The van der Waals surface area contributed by atoms with Crippen LogP contribution in [-0.4, -0.2) is 227 Å². The second kappa shape index (κ2) is 42.7. The number of aliphatic hydroxyl groups is 6. The molecule has 0 unspecified atom stereocenters. The van der Waals surface area contributed by atoms with E-state index in [0.29, 0.717) is 13.1 Å². The number of amides is 7. The van der Waals surface area contributed by atoms with Crippen molar-refractivity contribution in [2.24, 2.45) is 11.7 Å². The molecule has 0 aliphatic carbocycles. The molecule has 7 heterocycles. The zero-order valence-corrected chi connectivity index (χ0v) is 70.7. The first-order chi connectivity index (χ1) is 57.3. The highest BCUT2D eigenvalue weighted by molar-refractivity contribution is 7.51. The molecule has 670 valence electrons. The number of primary amides is 1. The van der Waals surface area contributed by atoms with Gasteiger partial charge >= 0.3 is 13.6 Å². The summed E-state index contributed by atoms with van der Waals surface area (Å²) in [6.07, 6.45) is -10.6. The second-order valence-corrected chi connectivity index (χ2v) is 33.7. The summed E-state index contributed by atoms with van der Waals surface area (Å²) in [5.74, 6) is -17.1. The molecule has 7 amide bonds. The highest BCUT2D eigenvalue weighted by atomic mass is 35.5. The lowest BCUT2D eigenvalue weighted by Crippen LogP contribution is -2.65. The minimum Gasteiger partial charge on any atom is -0.507 e. The molecule has 12 rings (SSSR count). The number of carbonyl (C=O) groups excluding carboxylic acids is 7. The fourth-order valence-electron chi connectivity index (χ4n) is 15.2. The molecule has 122 heavy (non-hydrogen) atoms. The van der Waals surface area contributed by atoms with E-state index in [0.717, 1.165) is 86.5 Å². The van der Waals surface area contributed by atoms with Gasteiger partial charge in [0.2, 0.25) is 53.4 Å². The largest absolute Gasteiger partial charge is 0.507 e. The van der Waals surface area contributed by atoms with E-state index in [-0.39, 0.29) is 53.1 Å². The molecule has 42 heteroatoms. The van der Waals surface area contributed by atoms with E-state index in [9.17, 15) is 79.8 Å². The van der Waals surface area contributed by atoms with Crippen LogP contribution in [0.15, 0.2) is 72.8 Å². The third-order valence-corrected chi connectivity index (χ3v) is 22.9. The van der Waals surface area contributed by atoms with E-state index >= 15 is 24.0 Å². The van der Waals surface area contributed by atoms with E-state index in [4.69, 9.17) is 57.4 Å². The molecular weight excluding hydrogens is 1680 g/mol. The van der Waals surface area contributed by atoms with Gasteiger partial charge in [-0.1, -0.05) is 107 Å². The molecule has 0 spiro atoms. The first-order valence-electron chi connectivity index (χ1n) is 39.7. The quantitative estimate of drug-likeness (QED) is 0.0232. The van der Waals surface area contributed by atoms with Gasteiger partial charge in [0.05, 0.1) is 53.2 Å². The number of fused-ring (bicyclic) bond motifs is 15. The Morgan fingerprint density at radius 2 is 1.30 bits per heavy atom. The van der Waals surface area contributed by atoms with Crippen molar-refractivity contribution in [2.75, 3.05) is 39.6 Å². The van der Waals surface area contributed by atoms with Crippen LogP contribution in [0.1, 0.15) is 169 Å². The summed E-state index contributed by atoms with van der Waals surface area (Å²) >= 11 is 14.3. The van der Waals surface area contributed by atoms with Gasteiger partial charge in [-0.25, -0.2) is 4.79 Å². The number of phenolic OH excluding ortho intramolecular Hbond substituents is 3. The first-order valence-corrected chi connectivity index (χ1v) is 42.3. The van der Waals surface area contributed by atoms with Gasteiger partial charge in [0.1, 0.15) is 89.5 Å². The number of carboxylic acid groups (broad SMARTS) is 1. The summed E-state index contributed by atoms with van der Waals surface area (Å²) in [4.78, 5) is 138. The number of aliphatic carboxylic acids is 1. The van der Waals surface area contributed by atoms with Gasteiger partial charge in [0, 0.05) is 48.3 Å². The highest BCUT2D eigenvalue weighted by Crippen LogP contribution is 2.51. The Balaban J connectivity index is 0.0000169. The number of aromatic hydroxyl groups is 3. The lowest BCUT2D eigenvalue weighted by molar-refractivity contribution is -0.334. The molecule has 11 bridgehead atoms. The fraction of sp³-hybridized carbons (Fsp3) is 0.525. The van der Waals surface area contributed by atoms with Crippen LogP contribution < -0.4 is 73.1 Å². The van der Waals surface area contributed by atoms with Crippen molar-refractivity contribution in [2.45, 2.75) is 221 Å². The van der Waals surface area contributed by atoms with Gasteiger partial charge in [0.15, 0.2) is 29.9 Å². The zero-order chi connectivity index (χ0) is 88.2. The van der Waals surface area contributed by atoms with Crippen LogP contribution in [0, 0.1) is 5.92 Å². The maximum Gasteiger partial charge on any atom is 0.339 e. The SMILES string of the molecule is CCCCCCCCCCNCCN[C@@]1(C)C[C@H](O[C@H]2[C@H](Oc3c4cc5cc3Oc3ccc(cc3Cl)[C@@H](O)[C@@H](NC(=O)[C@@H](CC(C)C)NC)C(=O)N[C@@H](CC(N)=O)C(=O)N[C@H]5C(=O)N[C@@H]3C(=O)N[C@H](C(=O)N[C@H](C(=O)O)c5cc(O)c(CNCP(=O)(O)O)c(O)c5-c5cc3ccc5O)[C@H](O)c3ccc(c(Cl)c3)O4)O[C@H](CO)[C@@H](O)[C@@H]2O)O[C@@H](C)[C@H]1O.Cl. The van der Waals surface area contributed by atoms with Gasteiger partial charge in [0.25, 0.3) is 0 Å². The second-order valence-electron chi connectivity index (χ2n) is 31.3. The number of carbonyl (C=O) groups is 8. The van der Waals surface area contributed by atoms with Crippen LogP contribution in [0.4, 0.5) is 0 Å². The molecule has 18 atom stereocenters. The zero-order valence-electron chi connectivity index (χ0n) is 67.5. The van der Waals surface area contributed by atoms with Crippen LogP contribution in [-0.2, 0) is 63.7 Å². The predicted molar refractivity (Wildman–Crippen MR) is 440 cm³/mol. The van der Waals surface area contributed by atoms with Crippen molar-refractivity contribution in [3.05, 3.63) is 116 Å². The molecule has 7 aliphatic heterocycles. The summed E-state index contributed by atoms with van der Waals surface area (Å²) in [5, 5.41) is 144. The van der Waals surface area contributed by atoms with Gasteiger partial charge < -0.3 is 148 Å². The van der Waals surface area contributed by atoms with Crippen LogP contribution in [0.25, 0.3) is 11.1 Å². The number of nitrogens with one attached hydrogen (secondary N) is 10. The van der Waals surface area contributed by atoms with Crippen molar-refractivity contribution >= 4 is 90.5 Å². The molecule has 38 nitrogen and oxygen atoms in total. The summed E-state index contributed by atoms with van der Waals surface area (Å²) in [6.45, 7) is 8.98.